The van der Waals surface area contributed by atoms with Crippen LogP contribution in [0.25, 0.3) is 32.7 Å². The lowest BCUT2D eigenvalue weighted by Gasteiger charge is -2.23. The minimum Gasteiger partial charge on any atom is -0.507 e. The third-order valence-corrected chi connectivity index (χ3v) is 11.4. The van der Waals surface area contributed by atoms with E-state index < -0.39 is 11.5 Å². The third kappa shape index (κ3) is 9.10. The molecule has 6 aromatic carbocycles. The van der Waals surface area contributed by atoms with Gasteiger partial charge in [-0.3, -0.25) is 9.98 Å². The van der Waals surface area contributed by atoms with E-state index >= 15 is 0 Å². The molecule has 0 saturated heterocycles. The van der Waals surface area contributed by atoms with E-state index in [4.69, 9.17) is 9.47 Å². The van der Waals surface area contributed by atoms with Gasteiger partial charge in [0.15, 0.2) is 23.0 Å². The highest BCUT2D eigenvalue weighted by Gasteiger charge is 2.29. The van der Waals surface area contributed by atoms with E-state index in [1.807, 2.05) is 64.1 Å². The largest absolute Gasteiger partial charge is 0.507 e. The quantitative estimate of drug-likeness (QED) is 0.0300. The molecule has 10 heteroatoms. The van der Waals surface area contributed by atoms with Crippen molar-refractivity contribution in [3.05, 3.63) is 94.0 Å². The van der Waals surface area contributed by atoms with Crippen molar-refractivity contribution < 1.29 is 40.1 Å². The first-order chi connectivity index (χ1) is 29.7. The first kappa shape index (κ1) is 45.1. The standard InChI is InChI=1S/C52H60N2O8/c1-9-11-13-23-61-35-19-15-33(16-20-35)53-27-39-45-37(41(29(3)4)51(59)47(39)55)25-31(7)43(49(45)57)44-32(8)26-38-42(30(5)6)52(60)48(56)40(46(38)50(44)58)28-54-34-17-21-36(22-18-34)62-24-14-12-10-2/h15-22,25-30,55-60H,9-14,23-24H2,1-8H3. The van der Waals surface area contributed by atoms with Crippen LogP contribution in [0.1, 0.15) is 125 Å². The predicted molar refractivity (Wildman–Crippen MR) is 252 cm³/mol. The molecule has 6 N–H and O–H groups in total. The fourth-order valence-electron chi connectivity index (χ4n) is 8.24. The minimum absolute atomic E-state index is 0.0911. The van der Waals surface area contributed by atoms with E-state index in [0.717, 1.165) is 38.5 Å². The van der Waals surface area contributed by atoms with Gasteiger partial charge in [-0.1, -0.05) is 79.4 Å². The zero-order chi connectivity index (χ0) is 44.8. The van der Waals surface area contributed by atoms with Crippen LogP contribution in [-0.4, -0.2) is 56.3 Å². The molecule has 326 valence electrons. The Hall–Kier alpha value is -6.42. The molecule has 62 heavy (non-hydrogen) atoms. The highest BCUT2D eigenvalue weighted by Crippen LogP contribution is 2.54. The van der Waals surface area contributed by atoms with E-state index in [-0.39, 0.29) is 67.9 Å². The van der Waals surface area contributed by atoms with Gasteiger partial charge in [-0.15, -0.1) is 0 Å². The summed E-state index contributed by atoms with van der Waals surface area (Å²) in [4.78, 5) is 9.27. The Morgan fingerprint density at radius 2 is 0.855 bits per heavy atom. The molecule has 0 bridgehead atoms. The average Bonchev–Trinajstić information content (AvgIpc) is 3.23. The van der Waals surface area contributed by atoms with Crippen molar-refractivity contribution in [2.75, 3.05) is 13.2 Å². The number of benzene rings is 6. The second kappa shape index (κ2) is 19.5. The summed E-state index contributed by atoms with van der Waals surface area (Å²) in [7, 11) is 0. The van der Waals surface area contributed by atoms with Crippen molar-refractivity contribution in [3.63, 3.8) is 0 Å². The van der Waals surface area contributed by atoms with Crippen molar-refractivity contribution in [2.45, 2.75) is 106 Å². The zero-order valence-electron chi connectivity index (χ0n) is 37.1. The van der Waals surface area contributed by atoms with Crippen LogP contribution in [0.5, 0.6) is 46.0 Å². The van der Waals surface area contributed by atoms with E-state index in [0.29, 0.717) is 69.1 Å². The summed E-state index contributed by atoms with van der Waals surface area (Å²) in [6.07, 6.45) is 9.14. The molecule has 0 aliphatic rings. The average molecular weight is 841 g/mol. The lowest BCUT2D eigenvalue weighted by atomic mass is 9.83. The Labute approximate surface area is 364 Å². The van der Waals surface area contributed by atoms with Gasteiger partial charge in [-0.2, -0.15) is 0 Å². The third-order valence-electron chi connectivity index (χ3n) is 11.4. The van der Waals surface area contributed by atoms with Crippen LogP contribution in [0.2, 0.25) is 0 Å². The number of hydrogen-bond donors (Lipinski definition) is 6. The van der Waals surface area contributed by atoms with E-state index in [2.05, 4.69) is 23.8 Å². The summed E-state index contributed by atoms with van der Waals surface area (Å²) in [5, 5.41) is 72.6. The lowest BCUT2D eigenvalue weighted by molar-refractivity contribution is 0.306. The van der Waals surface area contributed by atoms with Crippen molar-refractivity contribution in [3.8, 4) is 57.1 Å². The Balaban J connectivity index is 1.53. The summed E-state index contributed by atoms with van der Waals surface area (Å²) in [5.41, 5.74) is 3.92. The fraction of sp³-hybridized carbons (Fsp3) is 0.346. The number of nitrogens with zero attached hydrogens (tertiary/aromatic N) is 2. The molecule has 0 aliphatic heterocycles. The van der Waals surface area contributed by atoms with E-state index in [9.17, 15) is 30.6 Å². The van der Waals surface area contributed by atoms with Gasteiger partial charge in [0.05, 0.1) is 35.7 Å². The molecule has 0 heterocycles. The second-order valence-corrected chi connectivity index (χ2v) is 16.7. The smallest absolute Gasteiger partial charge is 0.167 e. The first-order valence-electron chi connectivity index (χ1n) is 21.7. The monoisotopic (exact) mass is 840 g/mol. The molecule has 0 saturated carbocycles. The maximum atomic E-state index is 12.5. The Morgan fingerprint density at radius 3 is 1.18 bits per heavy atom. The molecule has 6 rings (SSSR count). The van der Waals surface area contributed by atoms with E-state index in [1.54, 1.807) is 38.1 Å². The Bertz CT molecular complexity index is 2440. The molecule has 0 fully saturated rings. The van der Waals surface area contributed by atoms with Gasteiger partial charge in [0, 0.05) is 45.5 Å². The topological polar surface area (TPSA) is 165 Å². The van der Waals surface area contributed by atoms with Gasteiger partial charge >= 0.3 is 0 Å². The number of aryl methyl sites for hydroxylation is 2. The highest BCUT2D eigenvalue weighted by atomic mass is 16.5. The number of fused-ring (bicyclic) bond motifs is 2. The van der Waals surface area contributed by atoms with Gasteiger partial charge < -0.3 is 40.1 Å². The molecule has 6 aromatic rings. The predicted octanol–water partition coefficient (Wildman–Crippen LogP) is 13.4. The van der Waals surface area contributed by atoms with Crippen LogP contribution < -0.4 is 9.47 Å². The summed E-state index contributed by atoms with van der Waals surface area (Å²) in [6.45, 7) is 16.7. The number of aromatic hydroxyl groups is 6. The van der Waals surface area contributed by atoms with Crippen LogP contribution in [-0.2, 0) is 0 Å². The molecule has 0 radical (unpaired) electrons. The number of phenols is 6. The lowest BCUT2D eigenvalue weighted by Crippen LogP contribution is -2.01. The van der Waals surface area contributed by atoms with Crippen LogP contribution in [0.15, 0.2) is 70.6 Å². The summed E-state index contributed by atoms with van der Waals surface area (Å²) >= 11 is 0. The fourth-order valence-corrected chi connectivity index (χ4v) is 8.24. The minimum atomic E-state index is -0.443. The molecule has 0 unspecified atom stereocenters. The van der Waals surface area contributed by atoms with E-state index in [1.165, 1.54) is 12.4 Å². The van der Waals surface area contributed by atoms with Crippen LogP contribution >= 0.6 is 0 Å². The van der Waals surface area contributed by atoms with Gasteiger partial charge in [-0.05, 0) is 109 Å². The van der Waals surface area contributed by atoms with Gasteiger partial charge in [0.1, 0.15) is 23.0 Å². The van der Waals surface area contributed by atoms with Gasteiger partial charge in [-0.25, -0.2) is 0 Å². The number of rotatable bonds is 17. The molecule has 10 nitrogen and oxygen atoms in total. The number of aliphatic imine (C=N–C) groups is 2. The molecule has 0 spiro atoms. The van der Waals surface area contributed by atoms with Gasteiger partial charge in [0.2, 0.25) is 0 Å². The molecule has 0 aliphatic carbocycles. The molecular formula is C52H60N2O8. The number of unbranched alkanes of at least 4 members (excludes halogenated alkanes) is 4. The van der Waals surface area contributed by atoms with Crippen LogP contribution in [0, 0.1) is 13.8 Å². The normalized spacial score (nSPS) is 12.0. The number of ether oxygens (including phenoxy) is 2. The van der Waals surface area contributed by atoms with Crippen molar-refractivity contribution in [1.82, 2.24) is 0 Å². The van der Waals surface area contributed by atoms with Crippen molar-refractivity contribution in [2.24, 2.45) is 9.98 Å². The maximum absolute atomic E-state index is 12.5. The zero-order valence-corrected chi connectivity index (χ0v) is 37.1. The maximum Gasteiger partial charge on any atom is 0.167 e. The summed E-state index contributed by atoms with van der Waals surface area (Å²) in [5.74, 6) is -1.06. The summed E-state index contributed by atoms with van der Waals surface area (Å²) < 4.78 is 11.7. The first-order valence-corrected chi connectivity index (χ1v) is 21.7. The molecule has 0 amide bonds. The summed E-state index contributed by atoms with van der Waals surface area (Å²) in [6, 6.07) is 18.1. The Kier molecular flexibility index (Phi) is 14.2. The second-order valence-electron chi connectivity index (χ2n) is 16.7. The van der Waals surface area contributed by atoms with Crippen LogP contribution in [0.3, 0.4) is 0 Å². The van der Waals surface area contributed by atoms with Gasteiger partial charge in [0.25, 0.3) is 0 Å². The van der Waals surface area contributed by atoms with Crippen molar-refractivity contribution >= 4 is 45.3 Å². The van der Waals surface area contributed by atoms with Crippen molar-refractivity contribution in [1.29, 1.82) is 0 Å². The highest BCUT2D eigenvalue weighted by molar-refractivity contribution is 6.15. The molecule has 0 aromatic heterocycles. The number of phenolic OH excluding ortho intramolecular Hbond substituents is 6. The number of hydrogen-bond acceptors (Lipinski definition) is 10. The molecular weight excluding hydrogens is 781 g/mol. The molecule has 0 atom stereocenters. The SMILES string of the molecule is CCCCCOc1ccc(N=Cc2c(O)c(O)c(C(C)C)c3cc(C)c(-c4c(C)cc5c(C(C)C)c(O)c(O)c(C=Nc6ccc(OCCCCC)cc6)c5c4O)c(O)c23)cc1. The van der Waals surface area contributed by atoms with Crippen LogP contribution in [0.4, 0.5) is 11.4 Å². The Morgan fingerprint density at radius 1 is 0.500 bits per heavy atom.